The van der Waals surface area contributed by atoms with Gasteiger partial charge < -0.3 is 15.5 Å². The molecule has 2 aliphatic heterocycles. The van der Waals surface area contributed by atoms with Gasteiger partial charge in [0.1, 0.15) is 5.82 Å². The molecule has 3 heterocycles. The van der Waals surface area contributed by atoms with Crippen molar-refractivity contribution in [1.82, 2.24) is 10.1 Å². The second-order valence-corrected chi connectivity index (χ2v) is 6.46. The molecule has 0 amide bonds. The second-order valence-electron chi connectivity index (χ2n) is 6.46. The van der Waals surface area contributed by atoms with Gasteiger partial charge in [-0.25, -0.2) is 4.39 Å². The van der Waals surface area contributed by atoms with Gasteiger partial charge in [-0.05, 0) is 42.3 Å². The van der Waals surface area contributed by atoms with Crippen molar-refractivity contribution in [3.05, 3.63) is 89.0 Å². The van der Waals surface area contributed by atoms with Crippen LogP contribution in [0.25, 0.3) is 22.2 Å². The molecule has 0 radical (unpaired) electrons. The highest BCUT2D eigenvalue weighted by molar-refractivity contribution is 5.85. The maximum Gasteiger partial charge on any atom is 0.123 e. The van der Waals surface area contributed by atoms with E-state index in [0.717, 1.165) is 34.8 Å². The van der Waals surface area contributed by atoms with Crippen molar-refractivity contribution in [2.75, 3.05) is 5.01 Å². The van der Waals surface area contributed by atoms with E-state index in [9.17, 15) is 4.39 Å². The number of hydrogen-bond acceptors (Lipinski definition) is 2. The van der Waals surface area contributed by atoms with Crippen molar-refractivity contribution in [2.24, 2.45) is 0 Å². The molecular formula is C20H16FN4-. The highest BCUT2D eigenvalue weighted by Gasteiger charge is 2.24. The quantitative estimate of drug-likeness (QED) is 0.708. The summed E-state index contributed by atoms with van der Waals surface area (Å²) in [5.41, 5.74) is 15.1. The van der Waals surface area contributed by atoms with Crippen molar-refractivity contribution < 1.29 is 4.39 Å². The summed E-state index contributed by atoms with van der Waals surface area (Å²) in [4.78, 5) is 0. The third-order valence-corrected chi connectivity index (χ3v) is 4.74. The molecule has 1 N–H and O–H groups in total. The van der Waals surface area contributed by atoms with E-state index in [-0.39, 0.29) is 5.82 Å². The monoisotopic (exact) mass is 331 g/mol. The molecule has 0 fully saturated rings. The molecule has 5 rings (SSSR count). The fourth-order valence-electron chi connectivity index (χ4n) is 3.52. The number of hydrazine groups is 1. The minimum absolute atomic E-state index is 0.221. The van der Waals surface area contributed by atoms with Gasteiger partial charge in [0, 0.05) is 18.3 Å². The number of fused-ring (bicyclic) bond motifs is 5. The van der Waals surface area contributed by atoms with Crippen LogP contribution in [0.1, 0.15) is 16.8 Å². The Kier molecular flexibility index (Phi) is 2.99. The van der Waals surface area contributed by atoms with Crippen molar-refractivity contribution in [3.8, 4) is 11.1 Å². The molecule has 5 heteroatoms. The molecule has 4 nitrogen and oxygen atoms in total. The van der Waals surface area contributed by atoms with E-state index in [1.54, 1.807) is 0 Å². The first-order chi connectivity index (χ1) is 12.2. The number of rotatable bonds is 1. The van der Waals surface area contributed by atoms with E-state index < -0.39 is 0 Å². The van der Waals surface area contributed by atoms with Crippen molar-refractivity contribution in [3.63, 3.8) is 0 Å². The van der Waals surface area contributed by atoms with Gasteiger partial charge in [-0.2, -0.15) is 0 Å². The van der Waals surface area contributed by atoms with Crippen LogP contribution in [0, 0.1) is 12.7 Å². The predicted molar refractivity (Wildman–Crippen MR) is 97.1 cm³/mol. The molecule has 3 aromatic rings. The largest absolute Gasteiger partial charge is 0.608 e. The Morgan fingerprint density at radius 2 is 1.88 bits per heavy atom. The normalized spacial score (nSPS) is 15.0. The van der Waals surface area contributed by atoms with Gasteiger partial charge in [-0.15, -0.1) is 6.20 Å². The van der Waals surface area contributed by atoms with Crippen molar-refractivity contribution in [1.29, 1.82) is 0 Å². The zero-order valence-corrected chi connectivity index (χ0v) is 13.7. The van der Waals surface area contributed by atoms with Gasteiger partial charge in [-0.3, -0.25) is 5.01 Å². The summed E-state index contributed by atoms with van der Waals surface area (Å²) < 4.78 is 15.4. The number of aryl methyl sites for hydroxylation is 1. The molecule has 0 bridgehead atoms. The van der Waals surface area contributed by atoms with E-state index in [0.29, 0.717) is 0 Å². The summed E-state index contributed by atoms with van der Waals surface area (Å²) in [6, 6.07) is 15.2. The average Bonchev–Trinajstić information content (AvgIpc) is 3.21. The fraction of sp³-hybridized carbons (Fsp3) is 0.100. The molecular weight excluding hydrogens is 315 g/mol. The Balaban J connectivity index is 1.67. The lowest BCUT2D eigenvalue weighted by molar-refractivity contribution is 0.628. The van der Waals surface area contributed by atoms with Gasteiger partial charge >= 0.3 is 0 Å². The lowest BCUT2D eigenvalue weighted by Crippen LogP contribution is -2.28. The minimum atomic E-state index is -0.221. The van der Waals surface area contributed by atoms with Gasteiger partial charge in [-0.1, -0.05) is 29.8 Å². The Labute approximate surface area is 145 Å². The van der Waals surface area contributed by atoms with Crippen molar-refractivity contribution >= 4 is 11.4 Å². The van der Waals surface area contributed by atoms with Crippen LogP contribution in [0.3, 0.4) is 0 Å². The van der Waals surface area contributed by atoms with Crippen LogP contribution in [-0.4, -0.2) is 4.57 Å². The lowest BCUT2D eigenvalue weighted by atomic mass is 10.1. The van der Waals surface area contributed by atoms with Gasteiger partial charge in [0.25, 0.3) is 0 Å². The molecule has 0 unspecified atom stereocenters. The number of halogens is 1. The molecule has 0 saturated carbocycles. The molecule has 0 spiro atoms. The average molecular weight is 331 g/mol. The molecule has 2 aromatic carbocycles. The Morgan fingerprint density at radius 3 is 2.72 bits per heavy atom. The van der Waals surface area contributed by atoms with Gasteiger partial charge in [0.15, 0.2) is 0 Å². The third kappa shape index (κ3) is 2.24. The topological polar surface area (TPSA) is 34.3 Å². The Hall–Kier alpha value is -3.05. The number of benzene rings is 2. The number of hydrogen-bond donors (Lipinski definition) is 1. The summed E-state index contributed by atoms with van der Waals surface area (Å²) in [7, 11) is 0. The summed E-state index contributed by atoms with van der Waals surface area (Å²) >= 11 is 0. The third-order valence-electron chi connectivity index (χ3n) is 4.74. The predicted octanol–water partition coefficient (Wildman–Crippen LogP) is 4.58. The number of nitrogens with one attached hydrogen (secondary N) is 1. The van der Waals surface area contributed by atoms with Crippen LogP contribution in [0.5, 0.6) is 0 Å². The first-order valence-corrected chi connectivity index (χ1v) is 8.21. The minimum Gasteiger partial charge on any atom is -0.608 e. The summed E-state index contributed by atoms with van der Waals surface area (Å²) in [5, 5.41) is 2.02. The maximum atomic E-state index is 13.2. The molecule has 0 atom stereocenters. The van der Waals surface area contributed by atoms with E-state index in [4.69, 9.17) is 0 Å². The van der Waals surface area contributed by atoms with Gasteiger partial charge in [0.05, 0.1) is 17.1 Å². The van der Waals surface area contributed by atoms with Crippen LogP contribution >= 0.6 is 0 Å². The molecule has 124 valence electrons. The van der Waals surface area contributed by atoms with E-state index in [1.165, 1.54) is 23.3 Å². The summed E-state index contributed by atoms with van der Waals surface area (Å²) in [6.07, 6.45) is 3.96. The Morgan fingerprint density at radius 1 is 1.04 bits per heavy atom. The van der Waals surface area contributed by atoms with Crippen LogP contribution in [0.4, 0.5) is 10.1 Å². The number of aromatic nitrogens is 1. The molecule has 0 saturated heterocycles. The highest BCUT2D eigenvalue weighted by atomic mass is 19.1. The smallest absolute Gasteiger partial charge is 0.123 e. The molecule has 0 aliphatic carbocycles. The molecule has 2 aliphatic rings. The van der Waals surface area contributed by atoms with Crippen LogP contribution in [0.15, 0.2) is 60.9 Å². The zero-order chi connectivity index (χ0) is 17.0. The number of anilines is 1. The zero-order valence-electron chi connectivity index (χ0n) is 13.7. The molecule has 25 heavy (non-hydrogen) atoms. The standard InChI is InChI=1S/C20H16FN4/c1-13-2-7-18-16(8-13)12-24-11-15(14-3-5-17(21)6-4-14)9-19(24)20-10-22-23-25(18)20/h2-11,23H,12H2,1H3/q-1. The Bertz CT molecular complexity index is 1000. The fourth-order valence-corrected chi connectivity index (χ4v) is 3.52. The highest BCUT2D eigenvalue weighted by Crippen LogP contribution is 2.38. The molecule has 1 aromatic heterocycles. The second kappa shape index (κ2) is 5.22. The first kappa shape index (κ1) is 14.3. The number of nitrogens with zero attached hydrogens (tertiary/aromatic N) is 3. The lowest BCUT2D eigenvalue weighted by Gasteiger charge is -2.26. The van der Waals surface area contributed by atoms with Crippen LogP contribution < -0.4 is 10.5 Å². The van der Waals surface area contributed by atoms with E-state index in [1.807, 2.05) is 23.3 Å². The van der Waals surface area contributed by atoms with E-state index in [2.05, 4.69) is 52.9 Å². The van der Waals surface area contributed by atoms with Crippen molar-refractivity contribution in [2.45, 2.75) is 13.5 Å². The van der Waals surface area contributed by atoms with Crippen LogP contribution in [0.2, 0.25) is 0 Å². The SMILES string of the molecule is Cc1ccc2c(c1)Cn1cc(-c3ccc(F)cc3)cc1C1=C[N-]NN12. The van der Waals surface area contributed by atoms with Gasteiger partial charge in [0.2, 0.25) is 0 Å². The van der Waals surface area contributed by atoms with Crippen LogP contribution in [-0.2, 0) is 6.54 Å². The first-order valence-electron chi connectivity index (χ1n) is 8.21. The maximum absolute atomic E-state index is 13.2. The summed E-state index contributed by atoms with van der Waals surface area (Å²) in [5.74, 6) is -0.221. The summed E-state index contributed by atoms with van der Waals surface area (Å²) in [6.45, 7) is 2.88. The van der Waals surface area contributed by atoms with E-state index >= 15 is 0 Å².